The van der Waals surface area contributed by atoms with Crippen LogP contribution >= 0.6 is 0 Å². The third kappa shape index (κ3) is 4.02. The molecule has 1 aromatic rings. The zero-order valence-electron chi connectivity index (χ0n) is 11.3. The van der Waals surface area contributed by atoms with Crippen LogP contribution in [0, 0.1) is 11.7 Å². The van der Waals surface area contributed by atoms with Crippen LogP contribution in [0.3, 0.4) is 0 Å². The summed E-state index contributed by atoms with van der Waals surface area (Å²) in [4.78, 5) is 11.6. The maximum Gasteiger partial charge on any atom is 0.339 e. The molecule has 18 heavy (non-hydrogen) atoms. The normalized spacial score (nSPS) is 12.3. The quantitative estimate of drug-likeness (QED) is 0.817. The number of hydrogen-bond acceptors (Lipinski definition) is 3. The van der Waals surface area contributed by atoms with E-state index in [0.717, 1.165) is 6.42 Å². The van der Waals surface area contributed by atoms with Crippen molar-refractivity contribution >= 4 is 11.7 Å². The number of benzene rings is 1. The van der Waals surface area contributed by atoms with E-state index in [1.807, 2.05) is 6.92 Å². The molecule has 1 unspecified atom stereocenters. The number of ether oxygens (including phenoxy) is 1. The average Bonchev–Trinajstić information content (AvgIpc) is 2.27. The lowest BCUT2D eigenvalue weighted by Crippen LogP contribution is -2.19. The van der Waals surface area contributed by atoms with Gasteiger partial charge in [-0.3, -0.25) is 0 Å². The van der Waals surface area contributed by atoms with Crippen molar-refractivity contribution in [3.8, 4) is 0 Å². The average molecular weight is 253 g/mol. The highest BCUT2D eigenvalue weighted by Crippen LogP contribution is 2.20. The number of anilines is 1. The van der Waals surface area contributed by atoms with Crippen LogP contribution in [0.5, 0.6) is 0 Å². The van der Waals surface area contributed by atoms with Gasteiger partial charge in [0.15, 0.2) is 0 Å². The van der Waals surface area contributed by atoms with Crippen molar-refractivity contribution in [3.05, 3.63) is 29.6 Å². The number of carbonyl (C=O) groups excluding carboxylic acids is 1. The molecule has 0 aliphatic carbocycles. The Kier molecular flexibility index (Phi) is 5.13. The third-order valence-corrected chi connectivity index (χ3v) is 2.61. The first-order chi connectivity index (χ1) is 8.43. The van der Waals surface area contributed by atoms with Crippen LogP contribution in [0.25, 0.3) is 0 Å². The predicted octanol–water partition coefficient (Wildman–Crippen LogP) is 3.46. The zero-order chi connectivity index (χ0) is 13.7. The summed E-state index contributed by atoms with van der Waals surface area (Å²) in [5.74, 6) is -0.307. The number of esters is 1. The minimum Gasteiger partial charge on any atom is -0.465 e. The number of rotatable bonds is 5. The van der Waals surface area contributed by atoms with E-state index in [1.165, 1.54) is 25.3 Å². The van der Waals surface area contributed by atoms with Crippen molar-refractivity contribution in [3.63, 3.8) is 0 Å². The summed E-state index contributed by atoms with van der Waals surface area (Å²) >= 11 is 0. The Morgan fingerprint density at radius 3 is 2.61 bits per heavy atom. The van der Waals surface area contributed by atoms with E-state index in [-0.39, 0.29) is 11.9 Å². The molecule has 0 spiro atoms. The maximum atomic E-state index is 13.2. The Balaban J connectivity index is 2.92. The molecule has 0 saturated carbocycles. The van der Waals surface area contributed by atoms with Gasteiger partial charge in [0.05, 0.1) is 18.4 Å². The standard InChI is InChI=1S/C14H20FNO2/c1-9(2)7-10(3)16-13-8-11(15)5-6-12(13)14(17)18-4/h5-6,8-10,16H,7H2,1-4H3. The lowest BCUT2D eigenvalue weighted by molar-refractivity contribution is 0.0602. The Morgan fingerprint density at radius 1 is 1.39 bits per heavy atom. The van der Waals surface area contributed by atoms with E-state index in [1.54, 1.807) is 0 Å². The predicted molar refractivity (Wildman–Crippen MR) is 70.3 cm³/mol. The lowest BCUT2D eigenvalue weighted by atomic mass is 10.0. The van der Waals surface area contributed by atoms with E-state index in [9.17, 15) is 9.18 Å². The molecule has 4 heteroatoms. The highest BCUT2D eigenvalue weighted by Gasteiger charge is 2.14. The minimum absolute atomic E-state index is 0.162. The van der Waals surface area contributed by atoms with Gasteiger partial charge >= 0.3 is 5.97 Å². The monoisotopic (exact) mass is 253 g/mol. The summed E-state index contributed by atoms with van der Waals surface area (Å²) in [6.45, 7) is 6.24. The number of nitrogens with one attached hydrogen (secondary N) is 1. The van der Waals surface area contributed by atoms with E-state index in [2.05, 4.69) is 23.9 Å². The summed E-state index contributed by atoms with van der Waals surface area (Å²) in [7, 11) is 1.31. The van der Waals surface area contributed by atoms with Crippen molar-refractivity contribution in [1.82, 2.24) is 0 Å². The number of methoxy groups -OCH3 is 1. The molecule has 0 heterocycles. The lowest BCUT2D eigenvalue weighted by Gasteiger charge is -2.19. The molecule has 100 valence electrons. The molecule has 0 saturated heterocycles. The summed E-state index contributed by atoms with van der Waals surface area (Å²) in [5.41, 5.74) is 0.838. The fourth-order valence-electron chi connectivity index (χ4n) is 1.96. The molecule has 0 aromatic heterocycles. The molecular weight excluding hydrogens is 233 g/mol. The second-order valence-corrected chi connectivity index (χ2v) is 4.86. The maximum absolute atomic E-state index is 13.2. The van der Waals surface area contributed by atoms with E-state index < -0.39 is 5.97 Å². The Bertz CT molecular complexity index is 418. The molecule has 1 aromatic carbocycles. The third-order valence-electron chi connectivity index (χ3n) is 2.61. The molecule has 0 amide bonds. The van der Waals surface area contributed by atoms with Gasteiger partial charge in [-0.15, -0.1) is 0 Å². The summed E-state index contributed by atoms with van der Waals surface area (Å²) < 4.78 is 17.9. The van der Waals surface area contributed by atoms with Crippen molar-refractivity contribution < 1.29 is 13.9 Å². The molecule has 0 fully saturated rings. The van der Waals surface area contributed by atoms with Crippen LogP contribution in [-0.4, -0.2) is 19.1 Å². The first-order valence-electron chi connectivity index (χ1n) is 6.08. The van der Waals surface area contributed by atoms with Gasteiger partial charge in [0, 0.05) is 6.04 Å². The molecular formula is C14H20FNO2. The van der Waals surface area contributed by atoms with Crippen molar-refractivity contribution in [2.45, 2.75) is 33.2 Å². The molecule has 0 aliphatic rings. The highest BCUT2D eigenvalue weighted by molar-refractivity contribution is 5.95. The molecule has 0 bridgehead atoms. The fourth-order valence-corrected chi connectivity index (χ4v) is 1.96. The van der Waals surface area contributed by atoms with Crippen LogP contribution in [0.4, 0.5) is 10.1 Å². The van der Waals surface area contributed by atoms with Crippen molar-refractivity contribution in [2.24, 2.45) is 5.92 Å². The highest BCUT2D eigenvalue weighted by atomic mass is 19.1. The van der Waals surface area contributed by atoms with Gasteiger partial charge in [-0.1, -0.05) is 13.8 Å². The molecule has 1 rings (SSSR count). The van der Waals surface area contributed by atoms with Gasteiger partial charge in [-0.05, 0) is 37.5 Å². The second kappa shape index (κ2) is 6.38. The molecule has 3 nitrogen and oxygen atoms in total. The summed E-state index contributed by atoms with van der Waals surface area (Å²) in [6, 6.07) is 4.18. The molecule has 0 radical (unpaired) electrons. The SMILES string of the molecule is COC(=O)c1ccc(F)cc1NC(C)CC(C)C. The minimum atomic E-state index is -0.464. The van der Waals surface area contributed by atoms with E-state index >= 15 is 0 Å². The number of hydrogen-bond donors (Lipinski definition) is 1. The number of carbonyl (C=O) groups is 1. The summed E-state index contributed by atoms with van der Waals surface area (Å²) in [5, 5.41) is 3.16. The van der Waals surface area contributed by atoms with Crippen LogP contribution in [0.1, 0.15) is 37.6 Å². The molecule has 1 atom stereocenters. The van der Waals surface area contributed by atoms with Crippen LogP contribution in [0.2, 0.25) is 0 Å². The smallest absolute Gasteiger partial charge is 0.339 e. The Labute approximate surface area is 107 Å². The largest absolute Gasteiger partial charge is 0.465 e. The second-order valence-electron chi connectivity index (χ2n) is 4.86. The Hall–Kier alpha value is -1.58. The van der Waals surface area contributed by atoms with Gasteiger partial charge in [0.25, 0.3) is 0 Å². The van der Waals surface area contributed by atoms with Crippen molar-refractivity contribution in [1.29, 1.82) is 0 Å². The van der Waals surface area contributed by atoms with Gasteiger partial charge in [0.2, 0.25) is 0 Å². The first-order valence-corrected chi connectivity index (χ1v) is 6.08. The molecule has 0 aliphatic heterocycles. The number of halogens is 1. The first kappa shape index (κ1) is 14.5. The van der Waals surface area contributed by atoms with Crippen LogP contribution in [-0.2, 0) is 4.74 Å². The zero-order valence-corrected chi connectivity index (χ0v) is 11.3. The summed E-state index contributed by atoms with van der Waals surface area (Å²) in [6.07, 6.45) is 0.942. The topological polar surface area (TPSA) is 38.3 Å². The van der Waals surface area contributed by atoms with Gasteiger partial charge < -0.3 is 10.1 Å². The van der Waals surface area contributed by atoms with Crippen LogP contribution < -0.4 is 5.32 Å². The molecule has 1 N–H and O–H groups in total. The fraction of sp³-hybridized carbons (Fsp3) is 0.500. The van der Waals surface area contributed by atoms with Gasteiger partial charge in [-0.2, -0.15) is 0 Å². The van der Waals surface area contributed by atoms with E-state index in [0.29, 0.717) is 17.2 Å². The Morgan fingerprint density at radius 2 is 2.06 bits per heavy atom. The van der Waals surface area contributed by atoms with Gasteiger partial charge in [-0.25, -0.2) is 9.18 Å². The van der Waals surface area contributed by atoms with Gasteiger partial charge in [0.1, 0.15) is 5.82 Å². The van der Waals surface area contributed by atoms with Crippen molar-refractivity contribution in [2.75, 3.05) is 12.4 Å². The van der Waals surface area contributed by atoms with E-state index in [4.69, 9.17) is 0 Å². The van der Waals surface area contributed by atoms with Crippen LogP contribution in [0.15, 0.2) is 18.2 Å².